The number of anilines is 1. The second-order valence-electron chi connectivity index (χ2n) is 6.67. The van der Waals surface area contributed by atoms with E-state index in [0.717, 1.165) is 10.2 Å². The minimum absolute atomic E-state index is 0.115. The van der Waals surface area contributed by atoms with Gasteiger partial charge < -0.3 is 20.2 Å². The van der Waals surface area contributed by atoms with Gasteiger partial charge in [0, 0.05) is 17.2 Å². The summed E-state index contributed by atoms with van der Waals surface area (Å²) in [6.45, 7) is 2.99. The molecule has 1 N–H and O–H groups in total. The fraction of sp³-hybridized carbons (Fsp3) is 0.158. The second-order valence-corrected chi connectivity index (χ2v) is 7.90. The standard InChI is InChI=1S/C19H15BrClN5O6/c1-10-5-12(21)3-4-16(10)32-15-7-13(6-14(8-15)25(28)29)22-17(27)9-24-11(2)18(20)19(23-24)26(30)31/h3-8H,9H2,1-2H3,(H,22,27). The number of aryl methyl sites for hydroxylation is 1. The number of hydrogen-bond acceptors (Lipinski definition) is 7. The van der Waals surface area contributed by atoms with Crippen molar-refractivity contribution < 1.29 is 19.4 Å². The molecule has 0 fully saturated rings. The third kappa shape index (κ3) is 5.21. The van der Waals surface area contributed by atoms with Gasteiger partial charge in [-0.3, -0.25) is 14.9 Å². The van der Waals surface area contributed by atoms with E-state index < -0.39 is 21.6 Å². The summed E-state index contributed by atoms with van der Waals surface area (Å²) in [4.78, 5) is 33.5. The van der Waals surface area contributed by atoms with Crippen LogP contribution in [0, 0.1) is 34.1 Å². The maximum absolute atomic E-state index is 12.5. The summed E-state index contributed by atoms with van der Waals surface area (Å²) in [5, 5.41) is 29.2. The van der Waals surface area contributed by atoms with Crippen LogP contribution in [0.15, 0.2) is 40.9 Å². The average molecular weight is 525 g/mol. The lowest BCUT2D eigenvalue weighted by molar-refractivity contribution is -0.390. The minimum Gasteiger partial charge on any atom is -0.457 e. The lowest BCUT2D eigenvalue weighted by Crippen LogP contribution is -2.20. The number of nitrogens with zero attached hydrogens (tertiary/aromatic N) is 4. The maximum atomic E-state index is 12.5. The molecule has 3 aromatic rings. The molecule has 1 amide bonds. The van der Waals surface area contributed by atoms with Gasteiger partial charge in [-0.25, -0.2) is 0 Å². The topological polar surface area (TPSA) is 142 Å². The number of nitrogens with one attached hydrogen (secondary N) is 1. The number of carbonyl (C=O) groups is 1. The fourth-order valence-corrected chi connectivity index (χ4v) is 3.45. The highest BCUT2D eigenvalue weighted by Gasteiger charge is 2.25. The van der Waals surface area contributed by atoms with Crippen molar-refractivity contribution in [3.05, 3.63) is 77.4 Å². The lowest BCUT2D eigenvalue weighted by atomic mass is 10.2. The predicted octanol–water partition coefficient (Wildman–Crippen LogP) is 5.16. The van der Waals surface area contributed by atoms with E-state index in [-0.39, 0.29) is 28.1 Å². The molecule has 0 bridgehead atoms. The number of nitro benzene ring substituents is 1. The molecule has 0 atom stereocenters. The smallest absolute Gasteiger partial charge is 0.404 e. The van der Waals surface area contributed by atoms with Crippen molar-refractivity contribution in [2.45, 2.75) is 20.4 Å². The van der Waals surface area contributed by atoms with Crippen LogP contribution in [0.2, 0.25) is 5.02 Å². The Hall–Kier alpha value is -3.51. The summed E-state index contributed by atoms with van der Waals surface area (Å²) in [7, 11) is 0. The van der Waals surface area contributed by atoms with E-state index in [1.54, 1.807) is 32.0 Å². The van der Waals surface area contributed by atoms with Gasteiger partial charge in [-0.05, 0) is 58.5 Å². The van der Waals surface area contributed by atoms with Gasteiger partial charge in [0.2, 0.25) is 5.91 Å². The molecule has 0 saturated heterocycles. The molecule has 32 heavy (non-hydrogen) atoms. The first-order valence-corrected chi connectivity index (χ1v) is 10.1. The second kappa shape index (κ2) is 9.32. The molecule has 0 aliphatic rings. The van der Waals surface area contributed by atoms with E-state index in [2.05, 4.69) is 26.3 Å². The fourth-order valence-electron chi connectivity index (χ4n) is 2.79. The molecule has 0 aliphatic carbocycles. The van der Waals surface area contributed by atoms with Crippen LogP contribution in [0.5, 0.6) is 11.5 Å². The molecule has 0 saturated carbocycles. The molecule has 11 nitrogen and oxygen atoms in total. The Kier molecular flexibility index (Phi) is 6.75. The van der Waals surface area contributed by atoms with Gasteiger partial charge in [-0.15, -0.1) is 0 Å². The Morgan fingerprint density at radius 1 is 1.19 bits per heavy atom. The maximum Gasteiger partial charge on any atom is 0.404 e. The van der Waals surface area contributed by atoms with Crippen LogP contribution in [0.3, 0.4) is 0 Å². The van der Waals surface area contributed by atoms with E-state index in [4.69, 9.17) is 16.3 Å². The van der Waals surface area contributed by atoms with Crippen molar-refractivity contribution in [3.8, 4) is 11.5 Å². The van der Waals surface area contributed by atoms with Gasteiger partial charge in [0.1, 0.15) is 22.5 Å². The van der Waals surface area contributed by atoms with Gasteiger partial charge >= 0.3 is 5.82 Å². The number of carbonyl (C=O) groups excluding carboxylic acids is 1. The number of benzene rings is 2. The van der Waals surface area contributed by atoms with E-state index in [1.807, 2.05) is 0 Å². The Balaban J connectivity index is 1.84. The quantitative estimate of drug-likeness (QED) is 0.332. The molecule has 0 radical (unpaired) electrons. The Morgan fingerprint density at radius 2 is 1.91 bits per heavy atom. The largest absolute Gasteiger partial charge is 0.457 e. The van der Waals surface area contributed by atoms with Crippen molar-refractivity contribution in [3.63, 3.8) is 0 Å². The van der Waals surface area contributed by atoms with Crippen LogP contribution >= 0.6 is 27.5 Å². The minimum atomic E-state index is -0.672. The summed E-state index contributed by atoms with van der Waals surface area (Å²) >= 11 is 9.01. The normalized spacial score (nSPS) is 10.6. The highest BCUT2D eigenvalue weighted by Crippen LogP contribution is 2.32. The zero-order chi connectivity index (χ0) is 23.6. The summed E-state index contributed by atoms with van der Waals surface area (Å²) in [6, 6.07) is 8.75. The van der Waals surface area contributed by atoms with Crippen LogP contribution in [-0.2, 0) is 11.3 Å². The number of aromatic nitrogens is 2. The number of rotatable bonds is 7. The molecule has 1 aromatic heterocycles. The van der Waals surface area contributed by atoms with Gasteiger partial charge in [0.25, 0.3) is 5.69 Å². The molecular weight excluding hydrogens is 510 g/mol. The van der Waals surface area contributed by atoms with Crippen molar-refractivity contribution in [1.82, 2.24) is 9.78 Å². The average Bonchev–Trinajstić information content (AvgIpc) is 2.98. The third-order valence-electron chi connectivity index (χ3n) is 4.33. The van der Waals surface area contributed by atoms with Gasteiger partial charge in [-0.2, -0.15) is 4.68 Å². The summed E-state index contributed by atoms with van der Waals surface area (Å²) in [5.74, 6) is -0.433. The van der Waals surface area contributed by atoms with Crippen LogP contribution in [-0.4, -0.2) is 25.5 Å². The van der Waals surface area contributed by atoms with Crippen LogP contribution in [0.4, 0.5) is 17.2 Å². The first-order chi connectivity index (χ1) is 15.0. The first-order valence-electron chi connectivity index (χ1n) is 8.95. The highest BCUT2D eigenvalue weighted by atomic mass is 79.9. The Morgan fingerprint density at radius 3 is 2.50 bits per heavy atom. The van der Waals surface area contributed by atoms with Gasteiger partial charge in [-0.1, -0.05) is 11.6 Å². The molecule has 13 heteroatoms. The van der Waals surface area contributed by atoms with Crippen molar-refractivity contribution in [1.29, 1.82) is 0 Å². The molecule has 3 rings (SSSR count). The summed E-state index contributed by atoms with van der Waals surface area (Å²) in [6.07, 6.45) is 0. The van der Waals surface area contributed by atoms with Crippen LogP contribution < -0.4 is 10.1 Å². The van der Waals surface area contributed by atoms with Crippen molar-refractivity contribution in [2.75, 3.05) is 5.32 Å². The zero-order valence-electron chi connectivity index (χ0n) is 16.7. The van der Waals surface area contributed by atoms with Crippen LogP contribution in [0.25, 0.3) is 0 Å². The third-order valence-corrected chi connectivity index (χ3v) is 5.50. The van der Waals surface area contributed by atoms with E-state index in [9.17, 15) is 25.0 Å². The van der Waals surface area contributed by atoms with Crippen LogP contribution in [0.1, 0.15) is 11.3 Å². The molecule has 0 aliphatic heterocycles. The summed E-state index contributed by atoms with van der Waals surface area (Å²) < 4.78 is 7.07. The molecule has 0 unspecified atom stereocenters. The molecule has 2 aromatic carbocycles. The Labute approximate surface area is 194 Å². The lowest BCUT2D eigenvalue weighted by Gasteiger charge is -2.11. The molecule has 166 valence electrons. The number of halogens is 2. The number of non-ortho nitro benzene ring substituents is 1. The van der Waals surface area contributed by atoms with E-state index >= 15 is 0 Å². The number of hydrogen-bond donors (Lipinski definition) is 1. The monoisotopic (exact) mass is 523 g/mol. The molecule has 0 spiro atoms. The highest BCUT2D eigenvalue weighted by molar-refractivity contribution is 9.10. The van der Waals surface area contributed by atoms with Crippen molar-refractivity contribution in [2.24, 2.45) is 0 Å². The van der Waals surface area contributed by atoms with E-state index in [1.165, 1.54) is 18.2 Å². The van der Waals surface area contributed by atoms with Gasteiger partial charge in [0.15, 0.2) is 0 Å². The predicted molar refractivity (Wildman–Crippen MR) is 119 cm³/mol. The zero-order valence-corrected chi connectivity index (χ0v) is 19.0. The number of amides is 1. The summed E-state index contributed by atoms with van der Waals surface area (Å²) in [5.41, 5.74) is 0.923. The van der Waals surface area contributed by atoms with Gasteiger partial charge in [0.05, 0.1) is 27.5 Å². The van der Waals surface area contributed by atoms with Crippen molar-refractivity contribution >= 4 is 50.6 Å². The molecular formula is C19H15BrClN5O6. The first kappa shape index (κ1) is 23.2. The SMILES string of the molecule is Cc1cc(Cl)ccc1Oc1cc(NC(=O)Cn2nc([N+](=O)[O-])c(Br)c2C)cc([N+](=O)[O-])c1. The Bertz CT molecular complexity index is 1250. The molecule has 1 heterocycles. The number of ether oxygens (including phenoxy) is 1. The number of nitro groups is 2. The van der Waals surface area contributed by atoms with E-state index in [0.29, 0.717) is 16.5 Å².